The molecule has 8 heteroatoms. The molecule has 0 N–H and O–H groups in total. The van der Waals surface area contributed by atoms with E-state index in [0.29, 0.717) is 24.8 Å². The summed E-state index contributed by atoms with van der Waals surface area (Å²) < 4.78 is 13.2. The third-order valence-corrected chi connectivity index (χ3v) is 6.25. The Balaban J connectivity index is 1.39. The van der Waals surface area contributed by atoms with Crippen molar-refractivity contribution in [3.8, 4) is 11.3 Å². The number of halogens is 1. The van der Waals surface area contributed by atoms with Crippen molar-refractivity contribution in [3.05, 3.63) is 59.4 Å². The zero-order valence-electron chi connectivity index (χ0n) is 17.9. The lowest BCUT2D eigenvalue weighted by molar-refractivity contribution is 0.102. The van der Waals surface area contributed by atoms with Crippen molar-refractivity contribution in [2.45, 2.75) is 26.0 Å². The molecule has 2 saturated heterocycles. The van der Waals surface area contributed by atoms with Crippen molar-refractivity contribution in [3.63, 3.8) is 0 Å². The maximum atomic E-state index is 12.0. The molecule has 0 spiro atoms. The van der Waals surface area contributed by atoms with Crippen molar-refractivity contribution in [2.75, 3.05) is 26.3 Å². The highest BCUT2D eigenvalue weighted by atomic mass is 35.5. The molecule has 5 rings (SSSR count). The van der Waals surface area contributed by atoms with Crippen molar-refractivity contribution < 1.29 is 14.3 Å². The number of ether oxygens (including phenoxy) is 2. The van der Waals surface area contributed by atoms with Crippen molar-refractivity contribution in [1.82, 2.24) is 14.3 Å². The van der Waals surface area contributed by atoms with Gasteiger partial charge in [0.05, 0.1) is 36.4 Å². The van der Waals surface area contributed by atoms with Crippen LogP contribution in [0.5, 0.6) is 0 Å². The number of benzene rings is 1. The summed E-state index contributed by atoms with van der Waals surface area (Å²) in [5.41, 5.74) is 4.79. The van der Waals surface area contributed by atoms with Gasteiger partial charge in [-0.1, -0.05) is 36.7 Å². The Hall–Kier alpha value is -2.74. The number of carbonyl (C=O) groups excluding carboxylic acids is 1. The third kappa shape index (κ3) is 4.16. The second-order valence-corrected chi connectivity index (χ2v) is 8.65. The second-order valence-electron chi connectivity index (χ2n) is 8.21. The Morgan fingerprint density at radius 2 is 2.09 bits per heavy atom. The van der Waals surface area contributed by atoms with Crippen LogP contribution in [0.15, 0.2) is 53.7 Å². The molecule has 3 aromatic rings. The van der Waals surface area contributed by atoms with Gasteiger partial charge in [0.2, 0.25) is 0 Å². The van der Waals surface area contributed by atoms with Crippen LogP contribution in [0.3, 0.4) is 0 Å². The minimum Gasteiger partial charge on any atom is -0.448 e. The van der Waals surface area contributed by atoms with Gasteiger partial charge in [-0.25, -0.2) is 9.78 Å². The summed E-state index contributed by atoms with van der Waals surface area (Å²) in [5, 5.41) is 0.702. The predicted molar refractivity (Wildman–Crippen MR) is 123 cm³/mol. The number of nitrogens with zero attached hydrogens (tertiary/aromatic N) is 4. The van der Waals surface area contributed by atoms with Crippen LogP contribution in [0.2, 0.25) is 5.02 Å². The van der Waals surface area contributed by atoms with Gasteiger partial charge in [-0.15, -0.1) is 0 Å². The fourth-order valence-corrected chi connectivity index (χ4v) is 4.60. The van der Waals surface area contributed by atoms with Crippen molar-refractivity contribution >= 4 is 29.1 Å². The molecule has 2 aromatic heterocycles. The first-order valence-corrected chi connectivity index (χ1v) is 11.3. The van der Waals surface area contributed by atoms with Crippen LogP contribution in [0.1, 0.15) is 19.0 Å². The molecule has 0 saturated carbocycles. The molecule has 2 unspecified atom stereocenters. The molecule has 2 fully saturated rings. The summed E-state index contributed by atoms with van der Waals surface area (Å²) in [5.74, 6) is 0.113. The third-order valence-electron chi connectivity index (χ3n) is 6.00. The van der Waals surface area contributed by atoms with Gasteiger partial charge in [0.1, 0.15) is 5.65 Å². The predicted octanol–water partition coefficient (Wildman–Crippen LogP) is 4.47. The van der Waals surface area contributed by atoms with E-state index in [9.17, 15) is 4.79 Å². The summed E-state index contributed by atoms with van der Waals surface area (Å²) in [6.07, 6.45) is 2.35. The lowest BCUT2D eigenvalue weighted by Crippen LogP contribution is -2.25. The van der Waals surface area contributed by atoms with Crippen molar-refractivity contribution in [2.24, 2.45) is 10.9 Å². The lowest BCUT2D eigenvalue weighted by atomic mass is 10.0. The Labute approximate surface area is 191 Å². The monoisotopic (exact) mass is 452 g/mol. The zero-order chi connectivity index (χ0) is 22.1. The first kappa shape index (κ1) is 21.1. The fourth-order valence-electron chi connectivity index (χ4n) is 4.47. The molecule has 1 amide bonds. The molecule has 4 heterocycles. The SMILES string of the molecule is CCCOC(=O)/N=C1\COC2CN(Cc3c(-c4ccc(Cl)cc4)nc4ccccn34)CC12. The maximum absolute atomic E-state index is 12.0. The van der Waals surface area contributed by atoms with E-state index in [1.54, 1.807) is 0 Å². The van der Waals surface area contributed by atoms with Crippen LogP contribution in [0, 0.1) is 5.92 Å². The Bertz CT molecular complexity index is 1160. The van der Waals surface area contributed by atoms with Gasteiger partial charge in [0, 0.05) is 42.3 Å². The molecular weight excluding hydrogens is 428 g/mol. The highest BCUT2D eigenvalue weighted by Gasteiger charge is 2.42. The second kappa shape index (κ2) is 9.02. The Kier molecular flexibility index (Phi) is 5.95. The molecular formula is C24H25ClN4O3. The number of likely N-dealkylation sites (tertiary alicyclic amines) is 1. The van der Waals surface area contributed by atoms with E-state index in [1.807, 2.05) is 55.6 Å². The molecule has 0 bridgehead atoms. The van der Waals surface area contributed by atoms with Crippen molar-refractivity contribution in [1.29, 1.82) is 0 Å². The minimum absolute atomic E-state index is 0.0471. The van der Waals surface area contributed by atoms with Crippen LogP contribution < -0.4 is 0 Å². The largest absolute Gasteiger partial charge is 0.448 e. The van der Waals surface area contributed by atoms with Crippen LogP contribution in [-0.2, 0) is 16.0 Å². The van der Waals surface area contributed by atoms with Gasteiger partial charge < -0.3 is 13.9 Å². The van der Waals surface area contributed by atoms with Crippen LogP contribution in [-0.4, -0.2) is 58.5 Å². The smallest absolute Gasteiger partial charge is 0.433 e. The van der Waals surface area contributed by atoms with Crippen LogP contribution in [0.4, 0.5) is 4.79 Å². The number of aromatic nitrogens is 2. The Morgan fingerprint density at radius 3 is 2.91 bits per heavy atom. The Morgan fingerprint density at radius 1 is 1.25 bits per heavy atom. The molecule has 2 aliphatic rings. The van der Waals surface area contributed by atoms with E-state index < -0.39 is 6.09 Å². The van der Waals surface area contributed by atoms with E-state index >= 15 is 0 Å². The molecule has 0 aliphatic carbocycles. The number of imidazole rings is 1. The first-order valence-electron chi connectivity index (χ1n) is 10.9. The molecule has 166 valence electrons. The van der Waals surface area contributed by atoms with Gasteiger partial charge in [0.15, 0.2) is 0 Å². The van der Waals surface area contributed by atoms with Gasteiger partial charge in [-0.05, 0) is 30.7 Å². The van der Waals surface area contributed by atoms with E-state index in [1.165, 1.54) is 0 Å². The zero-order valence-corrected chi connectivity index (χ0v) is 18.7. The molecule has 2 atom stereocenters. The summed E-state index contributed by atoms with van der Waals surface area (Å²) in [6.45, 7) is 5.03. The number of carbonyl (C=O) groups is 1. The number of pyridine rings is 1. The fraction of sp³-hybridized carbons (Fsp3) is 0.375. The van der Waals surface area contributed by atoms with Crippen LogP contribution in [0.25, 0.3) is 16.9 Å². The first-order chi connectivity index (χ1) is 15.6. The average molecular weight is 453 g/mol. The van der Waals surface area contributed by atoms with E-state index in [-0.39, 0.29) is 12.0 Å². The quantitative estimate of drug-likeness (QED) is 0.571. The summed E-state index contributed by atoms with van der Waals surface area (Å²) in [7, 11) is 0. The molecule has 0 radical (unpaired) electrons. The number of hydrogen-bond donors (Lipinski definition) is 0. The summed E-state index contributed by atoms with van der Waals surface area (Å²) >= 11 is 6.10. The van der Waals surface area contributed by atoms with Gasteiger partial charge in [-0.2, -0.15) is 4.99 Å². The summed E-state index contributed by atoms with van der Waals surface area (Å²) in [4.78, 5) is 23.4. The number of fused-ring (bicyclic) bond motifs is 2. The standard InChI is InChI=1S/C24H25ClN4O3/c1-2-11-31-24(30)26-19-15-32-21-14-28(12-18(19)21)13-20-23(16-6-8-17(25)9-7-16)27-22-5-3-4-10-29(20)22/h3-10,18,21H,2,11-15H2,1H3/b26-19+. The average Bonchev–Trinajstić information content (AvgIpc) is 3.47. The van der Waals surface area contributed by atoms with E-state index in [0.717, 1.165) is 47.8 Å². The van der Waals surface area contributed by atoms with E-state index in [2.05, 4.69) is 14.3 Å². The number of aliphatic imine (C=N–C) groups is 1. The normalized spacial score (nSPS) is 22.0. The molecule has 7 nitrogen and oxygen atoms in total. The molecule has 1 aromatic carbocycles. The van der Waals surface area contributed by atoms with Gasteiger partial charge >= 0.3 is 6.09 Å². The molecule has 2 aliphatic heterocycles. The van der Waals surface area contributed by atoms with Crippen LogP contribution >= 0.6 is 11.6 Å². The highest BCUT2D eigenvalue weighted by molar-refractivity contribution is 6.30. The molecule has 32 heavy (non-hydrogen) atoms. The van der Waals surface area contributed by atoms with Gasteiger partial charge in [-0.3, -0.25) is 4.90 Å². The topological polar surface area (TPSA) is 68.4 Å². The minimum atomic E-state index is -0.517. The highest BCUT2D eigenvalue weighted by Crippen LogP contribution is 2.32. The lowest BCUT2D eigenvalue weighted by Gasteiger charge is -2.17. The number of amides is 1. The maximum Gasteiger partial charge on any atom is 0.433 e. The number of rotatable bonds is 5. The van der Waals surface area contributed by atoms with Gasteiger partial charge in [0.25, 0.3) is 0 Å². The number of hydrogen-bond acceptors (Lipinski definition) is 5. The summed E-state index contributed by atoms with van der Waals surface area (Å²) in [6, 6.07) is 13.8. The van der Waals surface area contributed by atoms with E-state index in [4.69, 9.17) is 26.1 Å².